The van der Waals surface area contributed by atoms with E-state index in [-0.39, 0.29) is 76.0 Å². The van der Waals surface area contributed by atoms with Gasteiger partial charge in [-0.25, -0.2) is 8.42 Å². The fraction of sp³-hybridized carbons (Fsp3) is 0.586. The standard InChI is InChI=1S/C29H41ClF3N5O4S2/c1-23-19-36(43(39,40)28-10-8-27(9-11-28)34(2)3)15-4-13-35(22-29(31,32)33)14-5-16-37(20-23)44(41,42)38-17-12-24-18-26(30)7-6-25(24)21-38/h6-11,18,23H,4-5,12-17,19-22H2,1-3H3/t23-/m0/s1. The number of halogens is 4. The van der Waals surface area contributed by atoms with Gasteiger partial charge in [0.05, 0.1) is 11.4 Å². The molecule has 2 heterocycles. The highest BCUT2D eigenvalue weighted by atomic mass is 35.5. The molecule has 1 fully saturated rings. The normalized spacial score (nSPS) is 21.3. The molecule has 0 aromatic heterocycles. The summed E-state index contributed by atoms with van der Waals surface area (Å²) in [6.07, 6.45) is -3.54. The topological polar surface area (TPSA) is 84.5 Å². The molecule has 15 heteroatoms. The maximum atomic E-state index is 14.0. The van der Waals surface area contributed by atoms with Crippen molar-refractivity contribution in [1.82, 2.24) is 17.8 Å². The summed E-state index contributed by atoms with van der Waals surface area (Å²) in [5.74, 6) is -0.387. The van der Waals surface area contributed by atoms with E-state index in [0.29, 0.717) is 11.4 Å². The number of rotatable bonds is 6. The van der Waals surface area contributed by atoms with Crippen LogP contribution in [0, 0.1) is 5.92 Å². The number of alkyl halides is 3. The van der Waals surface area contributed by atoms with Gasteiger partial charge in [0.25, 0.3) is 10.2 Å². The largest absolute Gasteiger partial charge is 0.401 e. The molecule has 0 N–H and O–H groups in total. The number of hydrogen-bond donors (Lipinski definition) is 0. The summed E-state index contributed by atoms with van der Waals surface area (Å²) in [5.41, 5.74) is 2.65. The second-order valence-corrected chi connectivity index (χ2v) is 16.1. The van der Waals surface area contributed by atoms with Gasteiger partial charge in [0.15, 0.2) is 0 Å². The van der Waals surface area contributed by atoms with Gasteiger partial charge < -0.3 is 4.90 Å². The van der Waals surface area contributed by atoms with Crippen LogP contribution in [0.3, 0.4) is 0 Å². The number of fused-ring (bicyclic) bond motifs is 1. The molecule has 1 atom stereocenters. The molecule has 1 saturated heterocycles. The van der Waals surface area contributed by atoms with E-state index >= 15 is 0 Å². The average molecular weight is 680 g/mol. The zero-order valence-electron chi connectivity index (χ0n) is 25.3. The average Bonchev–Trinajstić information content (AvgIpc) is 2.94. The predicted octanol–water partition coefficient (Wildman–Crippen LogP) is 4.30. The van der Waals surface area contributed by atoms with Crippen molar-refractivity contribution in [3.05, 3.63) is 58.6 Å². The lowest BCUT2D eigenvalue weighted by molar-refractivity contribution is -0.146. The van der Waals surface area contributed by atoms with Gasteiger partial charge in [0.2, 0.25) is 10.0 Å². The highest BCUT2D eigenvalue weighted by molar-refractivity contribution is 7.89. The Kier molecular flexibility index (Phi) is 11.3. The van der Waals surface area contributed by atoms with Gasteiger partial charge in [-0.2, -0.15) is 34.5 Å². The van der Waals surface area contributed by atoms with Crippen LogP contribution in [0.4, 0.5) is 18.9 Å². The van der Waals surface area contributed by atoms with Crippen LogP contribution in [-0.2, 0) is 33.2 Å². The Labute approximate surface area is 264 Å². The molecule has 0 spiro atoms. The van der Waals surface area contributed by atoms with Crippen LogP contribution in [0.2, 0.25) is 5.02 Å². The van der Waals surface area contributed by atoms with E-state index in [1.54, 1.807) is 31.2 Å². The first-order valence-corrected chi connectivity index (χ1v) is 17.9. The van der Waals surface area contributed by atoms with Crippen molar-refractivity contribution < 1.29 is 30.0 Å². The molecule has 4 rings (SSSR count). The molecule has 0 saturated carbocycles. The Balaban J connectivity index is 1.60. The Hall–Kier alpha value is -1.94. The van der Waals surface area contributed by atoms with Crippen molar-refractivity contribution in [3.8, 4) is 0 Å². The summed E-state index contributed by atoms with van der Waals surface area (Å²) in [6.45, 7) is 1.17. The van der Waals surface area contributed by atoms with Crippen LogP contribution in [0.15, 0.2) is 47.4 Å². The number of anilines is 1. The second kappa shape index (κ2) is 14.2. The summed E-state index contributed by atoms with van der Waals surface area (Å²) in [4.78, 5) is 3.15. The lowest BCUT2D eigenvalue weighted by atomic mass is 10.0. The Bertz CT molecular complexity index is 1490. The number of benzene rings is 2. The van der Waals surface area contributed by atoms with Gasteiger partial charge >= 0.3 is 6.18 Å². The van der Waals surface area contributed by atoms with Gasteiger partial charge in [0.1, 0.15) is 0 Å². The van der Waals surface area contributed by atoms with Crippen LogP contribution in [0.5, 0.6) is 0 Å². The van der Waals surface area contributed by atoms with Gasteiger partial charge in [-0.3, -0.25) is 4.90 Å². The molecule has 2 aromatic carbocycles. The van der Waals surface area contributed by atoms with Gasteiger partial charge in [-0.15, -0.1) is 0 Å². The first-order chi connectivity index (χ1) is 20.6. The molecule has 246 valence electrons. The lowest BCUT2D eigenvalue weighted by Crippen LogP contribution is -2.49. The van der Waals surface area contributed by atoms with E-state index in [1.165, 1.54) is 29.9 Å². The summed E-state index contributed by atoms with van der Waals surface area (Å²) in [6, 6.07) is 11.8. The third-order valence-electron chi connectivity index (χ3n) is 7.99. The fourth-order valence-electron chi connectivity index (χ4n) is 5.75. The molecule has 0 bridgehead atoms. The van der Waals surface area contributed by atoms with E-state index in [0.717, 1.165) is 16.8 Å². The monoisotopic (exact) mass is 679 g/mol. The molecule has 2 aliphatic rings. The van der Waals surface area contributed by atoms with Crippen molar-refractivity contribution >= 4 is 37.5 Å². The van der Waals surface area contributed by atoms with Crippen molar-refractivity contribution in [1.29, 1.82) is 0 Å². The fourth-order valence-corrected chi connectivity index (χ4v) is 9.30. The summed E-state index contributed by atoms with van der Waals surface area (Å²) in [7, 11) is -4.33. The molecule has 0 unspecified atom stereocenters. The quantitative estimate of drug-likeness (QED) is 0.453. The second-order valence-electron chi connectivity index (χ2n) is 11.8. The van der Waals surface area contributed by atoms with Crippen molar-refractivity contribution in [2.75, 3.05) is 71.4 Å². The number of hydrogen-bond acceptors (Lipinski definition) is 6. The van der Waals surface area contributed by atoms with Crippen LogP contribution in [0.1, 0.15) is 30.9 Å². The summed E-state index contributed by atoms with van der Waals surface area (Å²) < 4.78 is 99.7. The Morgan fingerprint density at radius 2 is 1.45 bits per heavy atom. The van der Waals surface area contributed by atoms with Crippen molar-refractivity contribution in [2.45, 2.75) is 43.8 Å². The van der Waals surface area contributed by atoms with Gasteiger partial charge in [-0.1, -0.05) is 24.6 Å². The first kappa shape index (κ1) is 34.9. The third-order valence-corrected chi connectivity index (χ3v) is 12.0. The lowest BCUT2D eigenvalue weighted by Gasteiger charge is -2.36. The Morgan fingerprint density at radius 1 is 0.841 bits per heavy atom. The first-order valence-electron chi connectivity index (χ1n) is 14.7. The SMILES string of the molecule is C[C@H]1CN(S(=O)(=O)c2ccc(N(C)C)cc2)CCCN(CC(F)(F)F)CCCN(S(=O)(=O)N2CCc3cc(Cl)ccc3C2)C1. The molecule has 0 aliphatic carbocycles. The minimum atomic E-state index is -4.44. The molecule has 44 heavy (non-hydrogen) atoms. The minimum absolute atomic E-state index is 0.00861. The predicted molar refractivity (Wildman–Crippen MR) is 166 cm³/mol. The smallest absolute Gasteiger partial charge is 0.378 e. The maximum Gasteiger partial charge on any atom is 0.401 e. The van der Waals surface area contributed by atoms with Crippen LogP contribution in [0.25, 0.3) is 0 Å². The minimum Gasteiger partial charge on any atom is -0.378 e. The van der Waals surface area contributed by atoms with Crippen LogP contribution < -0.4 is 4.90 Å². The van der Waals surface area contributed by atoms with Crippen LogP contribution in [-0.4, -0.2) is 107 Å². The molecular formula is C29H41ClF3N5O4S2. The number of nitrogens with zero attached hydrogens (tertiary/aromatic N) is 5. The van der Waals surface area contributed by atoms with Crippen molar-refractivity contribution in [2.24, 2.45) is 5.92 Å². The molecular weight excluding hydrogens is 639 g/mol. The summed E-state index contributed by atoms with van der Waals surface area (Å²) in [5, 5.41) is 0.577. The van der Waals surface area contributed by atoms with Crippen molar-refractivity contribution in [3.63, 3.8) is 0 Å². The zero-order valence-corrected chi connectivity index (χ0v) is 27.7. The van der Waals surface area contributed by atoms with Gasteiger partial charge in [-0.05, 0) is 85.8 Å². The maximum absolute atomic E-state index is 14.0. The van der Waals surface area contributed by atoms with Crippen LogP contribution >= 0.6 is 11.6 Å². The molecule has 0 amide bonds. The summed E-state index contributed by atoms with van der Waals surface area (Å²) >= 11 is 6.12. The highest BCUT2D eigenvalue weighted by Crippen LogP contribution is 2.27. The van der Waals surface area contributed by atoms with E-state index in [1.807, 2.05) is 25.1 Å². The molecule has 2 aromatic rings. The van der Waals surface area contributed by atoms with E-state index in [2.05, 4.69) is 0 Å². The van der Waals surface area contributed by atoms with E-state index < -0.39 is 33.0 Å². The molecule has 0 radical (unpaired) electrons. The van der Waals surface area contributed by atoms with Gasteiger partial charge in [0, 0.05) is 64.1 Å². The molecule has 2 aliphatic heterocycles. The Morgan fingerprint density at radius 3 is 2.07 bits per heavy atom. The van der Waals surface area contributed by atoms with E-state index in [9.17, 15) is 30.0 Å². The third kappa shape index (κ3) is 8.86. The molecule has 9 nitrogen and oxygen atoms in total. The highest BCUT2D eigenvalue weighted by Gasteiger charge is 2.36. The van der Waals surface area contributed by atoms with E-state index in [4.69, 9.17) is 11.6 Å². The zero-order chi connectivity index (χ0) is 32.3. The number of sulfonamides is 1.